The first-order valence-corrected chi connectivity index (χ1v) is 10.7. The highest BCUT2D eigenvalue weighted by molar-refractivity contribution is 6.30. The number of aryl methyl sites for hydroxylation is 1. The fraction of sp³-hybridized carbons (Fsp3) is 0.333. The summed E-state index contributed by atoms with van der Waals surface area (Å²) in [4.78, 5) is 20.1. The van der Waals surface area contributed by atoms with Gasteiger partial charge in [-0.2, -0.15) is 0 Å². The van der Waals surface area contributed by atoms with E-state index in [0.29, 0.717) is 17.1 Å². The van der Waals surface area contributed by atoms with E-state index in [1.165, 1.54) is 6.42 Å². The molecule has 1 saturated heterocycles. The summed E-state index contributed by atoms with van der Waals surface area (Å²) in [5, 5.41) is 11.6. The van der Waals surface area contributed by atoms with Gasteiger partial charge in [-0.3, -0.25) is 14.7 Å². The van der Waals surface area contributed by atoms with E-state index in [2.05, 4.69) is 9.88 Å². The van der Waals surface area contributed by atoms with Crippen LogP contribution in [0.4, 0.5) is 0 Å². The van der Waals surface area contributed by atoms with Gasteiger partial charge in [0.05, 0.1) is 18.2 Å². The highest BCUT2D eigenvalue weighted by atomic mass is 35.5. The first-order valence-electron chi connectivity index (χ1n) is 10.4. The van der Waals surface area contributed by atoms with Crippen LogP contribution < -0.4 is 5.56 Å². The maximum atomic E-state index is 13.7. The maximum Gasteiger partial charge on any atom is 0.259 e. The zero-order valence-electron chi connectivity index (χ0n) is 17.1. The van der Waals surface area contributed by atoms with Gasteiger partial charge in [-0.25, -0.2) is 0 Å². The Kier molecular flexibility index (Phi) is 6.21. The molecule has 0 spiro atoms. The molecule has 1 fully saturated rings. The fourth-order valence-corrected chi connectivity index (χ4v) is 4.40. The molecule has 5 nitrogen and oxygen atoms in total. The number of rotatable bonds is 5. The normalized spacial score (nSPS) is 15.8. The zero-order valence-corrected chi connectivity index (χ0v) is 17.8. The molecule has 0 bridgehead atoms. The third kappa shape index (κ3) is 4.27. The number of halogens is 1. The predicted molar refractivity (Wildman–Crippen MR) is 119 cm³/mol. The largest absolute Gasteiger partial charge is 0.507 e. The lowest BCUT2D eigenvalue weighted by Crippen LogP contribution is -2.38. The van der Waals surface area contributed by atoms with E-state index >= 15 is 0 Å². The van der Waals surface area contributed by atoms with Crippen LogP contribution in [-0.4, -0.2) is 32.6 Å². The molecular formula is C24H26ClN3O2. The van der Waals surface area contributed by atoms with Crippen LogP contribution in [0.2, 0.25) is 5.02 Å². The van der Waals surface area contributed by atoms with Gasteiger partial charge in [0, 0.05) is 23.1 Å². The second kappa shape index (κ2) is 9.02. The Morgan fingerprint density at radius 3 is 2.53 bits per heavy atom. The van der Waals surface area contributed by atoms with Crippen LogP contribution in [0.25, 0.3) is 0 Å². The quantitative estimate of drug-likeness (QED) is 0.654. The van der Waals surface area contributed by atoms with Gasteiger partial charge < -0.3 is 9.67 Å². The fourth-order valence-electron chi connectivity index (χ4n) is 4.28. The third-order valence-corrected chi connectivity index (χ3v) is 6.05. The maximum absolute atomic E-state index is 13.7. The van der Waals surface area contributed by atoms with E-state index in [4.69, 9.17) is 11.6 Å². The SMILES string of the molecule is Cc1cc(O)c(C(c2ccc(Cl)cc2)N2CCCCC2)c(=O)n1Cc1cccnc1. The van der Waals surface area contributed by atoms with Crippen LogP contribution in [0.3, 0.4) is 0 Å². The minimum Gasteiger partial charge on any atom is -0.507 e. The average molecular weight is 424 g/mol. The van der Waals surface area contributed by atoms with Crippen LogP contribution in [0.5, 0.6) is 5.75 Å². The van der Waals surface area contributed by atoms with Crippen LogP contribution in [-0.2, 0) is 6.54 Å². The van der Waals surface area contributed by atoms with Crippen molar-refractivity contribution in [2.75, 3.05) is 13.1 Å². The predicted octanol–water partition coefficient (Wildman–Crippen LogP) is 4.53. The number of nitrogens with zero attached hydrogens (tertiary/aromatic N) is 3. The Morgan fingerprint density at radius 1 is 1.13 bits per heavy atom. The first kappa shape index (κ1) is 20.6. The summed E-state index contributed by atoms with van der Waals surface area (Å²) >= 11 is 6.11. The van der Waals surface area contributed by atoms with Gasteiger partial charge in [0.25, 0.3) is 5.56 Å². The first-order chi connectivity index (χ1) is 14.5. The summed E-state index contributed by atoms with van der Waals surface area (Å²) in [6, 6.07) is 12.8. The van der Waals surface area contributed by atoms with Crippen molar-refractivity contribution in [2.24, 2.45) is 0 Å². The standard InChI is InChI=1S/C24H26ClN3O2/c1-17-14-21(29)22(24(30)28(17)16-18-6-5-11-26-15-18)23(27-12-3-2-4-13-27)19-7-9-20(25)10-8-19/h5-11,14-15,23,29H,2-4,12-13,16H2,1H3. The van der Waals surface area contributed by atoms with Crippen LogP contribution in [0.15, 0.2) is 59.7 Å². The lowest BCUT2D eigenvalue weighted by atomic mass is 9.94. The van der Waals surface area contributed by atoms with Crippen molar-refractivity contribution in [1.82, 2.24) is 14.5 Å². The monoisotopic (exact) mass is 423 g/mol. The molecule has 1 unspecified atom stereocenters. The van der Waals surface area contributed by atoms with Crippen molar-refractivity contribution in [1.29, 1.82) is 0 Å². The lowest BCUT2D eigenvalue weighted by molar-refractivity contribution is 0.183. The molecule has 3 heterocycles. The number of aromatic nitrogens is 2. The molecule has 156 valence electrons. The summed E-state index contributed by atoms with van der Waals surface area (Å²) in [7, 11) is 0. The second-order valence-electron chi connectivity index (χ2n) is 7.89. The Hall–Kier alpha value is -2.63. The van der Waals surface area contributed by atoms with Crippen molar-refractivity contribution in [3.63, 3.8) is 0 Å². The number of benzene rings is 1. The molecule has 1 aromatic carbocycles. The molecule has 0 saturated carbocycles. The van der Waals surface area contributed by atoms with E-state index in [9.17, 15) is 9.90 Å². The molecule has 0 aliphatic carbocycles. The molecule has 1 atom stereocenters. The Labute approximate surface area is 181 Å². The van der Waals surface area contributed by atoms with Crippen molar-refractivity contribution >= 4 is 11.6 Å². The van der Waals surface area contributed by atoms with Gasteiger partial charge in [-0.05, 0) is 68.2 Å². The van der Waals surface area contributed by atoms with Crippen molar-refractivity contribution in [3.05, 3.63) is 92.6 Å². The molecular weight excluding hydrogens is 398 g/mol. The number of pyridine rings is 2. The molecule has 30 heavy (non-hydrogen) atoms. The van der Waals surface area contributed by atoms with E-state index < -0.39 is 0 Å². The van der Waals surface area contributed by atoms with Gasteiger partial charge in [0.1, 0.15) is 5.75 Å². The van der Waals surface area contributed by atoms with Gasteiger partial charge in [-0.15, -0.1) is 0 Å². The van der Waals surface area contributed by atoms with Crippen molar-refractivity contribution in [3.8, 4) is 5.75 Å². The van der Waals surface area contributed by atoms with E-state index in [1.54, 1.807) is 23.0 Å². The lowest BCUT2D eigenvalue weighted by Gasteiger charge is -2.35. The van der Waals surface area contributed by atoms with Gasteiger partial charge in [-0.1, -0.05) is 36.2 Å². The molecule has 6 heteroatoms. The number of likely N-dealkylation sites (tertiary alicyclic amines) is 1. The molecule has 4 rings (SSSR count). The Bertz CT molecular complexity index is 1060. The number of hydrogen-bond acceptors (Lipinski definition) is 4. The molecule has 1 aliphatic heterocycles. The van der Waals surface area contributed by atoms with E-state index in [1.807, 2.05) is 43.3 Å². The summed E-state index contributed by atoms with van der Waals surface area (Å²) in [6.07, 6.45) is 6.84. The third-order valence-electron chi connectivity index (χ3n) is 5.80. The number of aromatic hydroxyl groups is 1. The Morgan fingerprint density at radius 2 is 1.87 bits per heavy atom. The molecule has 2 aromatic heterocycles. The molecule has 1 N–H and O–H groups in total. The minimum atomic E-state index is -0.309. The summed E-state index contributed by atoms with van der Waals surface area (Å²) in [5.74, 6) is 0.0467. The van der Waals surface area contributed by atoms with Gasteiger partial charge >= 0.3 is 0 Å². The summed E-state index contributed by atoms with van der Waals surface area (Å²) in [5.41, 5.74) is 2.89. The number of piperidine rings is 1. The molecule has 0 radical (unpaired) electrons. The van der Waals surface area contributed by atoms with Crippen molar-refractivity contribution < 1.29 is 5.11 Å². The van der Waals surface area contributed by atoms with Gasteiger partial charge in [0.2, 0.25) is 0 Å². The van der Waals surface area contributed by atoms with Crippen LogP contribution in [0.1, 0.15) is 47.7 Å². The zero-order chi connectivity index (χ0) is 21.1. The van der Waals surface area contributed by atoms with E-state index in [0.717, 1.165) is 42.8 Å². The number of hydrogen-bond donors (Lipinski definition) is 1. The Balaban J connectivity index is 1.84. The topological polar surface area (TPSA) is 58.4 Å². The molecule has 3 aromatic rings. The van der Waals surface area contributed by atoms with Crippen molar-refractivity contribution in [2.45, 2.75) is 38.8 Å². The van der Waals surface area contributed by atoms with Crippen LogP contribution in [0, 0.1) is 6.92 Å². The second-order valence-corrected chi connectivity index (χ2v) is 8.32. The molecule has 0 amide bonds. The average Bonchev–Trinajstić information content (AvgIpc) is 2.76. The van der Waals surface area contributed by atoms with Crippen LogP contribution >= 0.6 is 11.6 Å². The van der Waals surface area contributed by atoms with E-state index in [-0.39, 0.29) is 17.4 Å². The highest BCUT2D eigenvalue weighted by Gasteiger charge is 2.30. The highest BCUT2D eigenvalue weighted by Crippen LogP contribution is 2.34. The molecule has 1 aliphatic rings. The van der Waals surface area contributed by atoms with Gasteiger partial charge in [0.15, 0.2) is 0 Å². The summed E-state index contributed by atoms with van der Waals surface area (Å²) < 4.78 is 1.72. The smallest absolute Gasteiger partial charge is 0.259 e. The summed E-state index contributed by atoms with van der Waals surface area (Å²) in [6.45, 7) is 4.05. The minimum absolute atomic E-state index is 0.0467.